The summed E-state index contributed by atoms with van der Waals surface area (Å²) in [7, 11) is 0. The van der Waals surface area contributed by atoms with Crippen molar-refractivity contribution in [2.24, 2.45) is 0 Å². The molecule has 0 aliphatic rings. The van der Waals surface area contributed by atoms with Crippen LogP contribution < -0.4 is 0 Å². The molecule has 0 heterocycles. The molecule has 21 heavy (non-hydrogen) atoms. The monoisotopic (exact) mass is 406 g/mol. The van der Waals surface area contributed by atoms with Gasteiger partial charge in [0.1, 0.15) is 5.82 Å². The van der Waals surface area contributed by atoms with Gasteiger partial charge in [-0.25, -0.2) is 4.39 Å². The van der Waals surface area contributed by atoms with E-state index < -0.39 is 0 Å². The molecule has 0 saturated carbocycles. The van der Waals surface area contributed by atoms with Crippen LogP contribution in [0.5, 0.6) is 0 Å². The zero-order chi connectivity index (χ0) is 15.0. The molecular weight excluding hydrogens is 395 g/mol. The van der Waals surface area contributed by atoms with Crippen LogP contribution >= 0.6 is 31.9 Å². The van der Waals surface area contributed by atoms with Gasteiger partial charge in [0.2, 0.25) is 0 Å². The van der Waals surface area contributed by atoms with Crippen molar-refractivity contribution >= 4 is 42.6 Å². The zero-order valence-electron chi connectivity index (χ0n) is 11.4. The smallest absolute Gasteiger partial charge is 0.123 e. The predicted molar refractivity (Wildman–Crippen MR) is 93.6 cm³/mol. The summed E-state index contributed by atoms with van der Waals surface area (Å²) in [6, 6.07) is 17.3. The summed E-state index contributed by atoms with van der Waals surface area (Å²) in [5.41, 5.74) is 3.28. The van der Waals surface area contributed by atoms with Crippen molar-refractivity contribution < 1.29 is 4.39 Å². The van der Waals surface area contributed by atoms with Crippen LogP contribution in [-0.2, 0) is 0 Å². The van der Waals surface area contributed by atoms with Gasteiger partial charge in [-0.3, -0.25) is 0 Å². The average molecular weight is 408 g/mol. The Kier molecular flexibility index (Phi) is 4.14. The lowest BCUT2D eigenvalue weighted by Crippen LogP contribution is -1.97. The molecule has 0 radical (unpaired) electrons. The molecule has 0 nitrogen and oxygen atoms in total. The number of aryl methyl sites for hydroxylation is 1. The van der Waals surface area contributed by atoms with Crippen LogP contribution in [0.1, 0.15) is 21.5 Å². The third-order valence-electron chi connectivity index (χ3n) is 3.68. The normalized spacial score (nSPS) is 12.6. The van der Waals surface area contributed by atoms with Gasteiger partial charge in [-0.05, 0) is 52.6 Å². The second-order valence-corrected chi connectivity index (χ2v) is 6.82. The van der Waals surface area contributed by atoms with Crippen molar-refractivity contribution in [1.29, 1.82) is 0 Å². The molecule has 0 aromatic heterocycles. The Balaban J connectivity index is 2.20. The highest BCUT2D eigenvalue weighted by Gasteiger charge is 2.17. The van der Waals surface area contributed by atoms with Gasteiger partial charge >= 0.3 is 0 Å². The van der Waals surface area contributed by atoms with Crippen LogP contribution in [0.3, 0.4) is 0 Å². The molecule has 3 heteroatoms. The van der Waals surface area contributed by atoms with Crippen molar-refractivity contribution in [2.45, 2.75) is 11.8 Å². The molecule has 3 aromatic rings. The van der Waals surface area contributed by atoms with E-state index in [0.29, 0.717) is 0 Å². The van der Waals surface area contributed by atoms with Crippen LogP contribution in [0, 0.1) is 12.7 Å². The Labute approximate surface area is 140 Å². The fourth-order valence-electron chi connectivity index (χ4n) is 2.57. The van der Waals surface area contributed by atoms with E-state index in [0.717, 1.165) is 15.6 Å². The second kappa shape index (κ2) is 5.90. The number of alkyl halides is 1. The minimum absolute atomic E-state index is 0.0620. The standard InChI is InChI=1S/C18H13Br2F/c1-11-6-8-15(14-5-3-2-4-13(11)14)18(20)16-10-12(21)7-9-17(16)19/h2-10,18H,1H3. The number of rotatable bonds is 2. The number of halogens is 3. The fourth-order valence-corrected chi connectivity index (χ4v) is 4.13. The molecule has 0 amide bonds. The molecule has 0 spiro atoms. The Bertz CT molecular complexity index is 811. The third kappa shape index (κ3) is 2.77. The predicted octanol–water partition coefficient (Wildman–Crippen LogP) is 6.53. The van der Waals surface area contributed by atoms with E-state index in [-0.39, 0.29) is 10.6 Å². The fraction of sp³-hybridized carbons (Fsp3) is 0.111. The van der Waals surface area contributed by atoms with Crippen LogP contribution in [0.15, 0.2) is 59.1 Å². The first-order valence-corrected chi connectivity index (χ1v) is 8.36. The van der Waals surface area contributed by atoms with E-state index in [4.69, 9.17) is 0 Å². The van der Waals surface area contributed by atoms with Gasteiger partial charge in [-0.1, -0.05) is 68.3 Å². The molecule has 0 aliphatic carbocycles. The van der Waals surface area contributed by atoms with E-state index in [2.05, 4.69) is 63.0 Å². The summed E-state index contributed by atoms with van der Waals surface area (Å²) in [5.74, 6) is -0.228. The van der Waals surface area contributed by atoms with E-state index in [1.54, 1.807) is 12.1 Å². The molecule has 106 valence electrons. The molecule has 0 fully saturated rings. The lowest BCUT2D eigenvalue weighted by molar-refractivity contribution is 0.625. The van der Waals surface area contributed by atoms with Crippen molar-refractivity contribution in [1.82, 2.24) is 0 Å². The van der Waals surface area contributed by atoms with Gasteiger partial charge in [0.25, 0.3) is 0 Å². The number of benzene rings is 3. The Hall–Kier alpha value is -1.19. The SMILES string of the molecule is Cc1ccc(C(Br)c2cc(F)ccc2Br)c2ccccc12. The first-order chi connectivity index (χ1) is 10.1. The summed E-state index contributed by atoms with van der Waals surface area (Å²) < 4.78 is 14.5. The quantitative estimate of drug-likeness (QED) is 0.423. The van der Waals surface area contributed by atoms with Crippen molar-refractivity contribution in [3.8, 4) is 0 Å². The highest BCUT2D eigenvalue weighted by Crippen LogP contribution is 2.39. The number of fused-ring (bicyclic) bond motifs is 1. The molecule has 0 bridgehead atoms. The van der Waals surface area contributed by atoms with Gasteiger partial charge in [0.15, 0.2) is 0 Å². The lowest BCUT2D eigenvalue weighted by Gasteiger charge is -2.16. The van der Waals surface area contributed by atoms with Crippen LogP contribution in [0.2, 0.25) is 0 Å². The Morgan fingerprint density at radius 1 is 0.905 bits per heavy atom. The molecule has 0 N–H and O–H groups in total. The lowest BCUT2D eigenvalue weighted by atomic mass is 9.96. The van der Waals surface area contributed by atoms with E-state index >= 15 is 0 Å². The van der Waals surface area contributed by atoms with Gasteiger partial charge in [-0.15, -0.1) is 0 Å². The maximum Gasteiger partial charge on any atom is 0.123 e. The average Bonchev–Trinajstić information content (AvgIpc) is 2.50. The van der Waals surface area contributed by atoms with Crippen molar-refractivity contribution in [2.75, 3.05) is 0 Å². The first-order valence-electron chi connectivity index (χ1n) is 6.65. The maximum atomic E-state index is 13.6. The van der Waals surface area contributed by atoms with Gasteiger partial charge in [0, 0.05) is 4.47 Å². The number of hydrogen-bond acceptors (Lipinski definition) is 0. The van der Waals surface area contributed by atoms with Crippen molar-refractivity contribution in [3.05, 3.63) is 81.6 Å². The Morgan fingerprint density at radius 3 is 2.38 bits per heavy atom. The molecule has 0 aliphatic heterocycles. The van der Waals surface area contributed by atoms with Crippen LogP contribution in [0.25, 0.3) is 10.8 Å². The van der Waals surface area contributed by atoms with E-state index in [1.807, 2.05) is 12.1 Å². The Morgan fingerprint density at radius 2 is 1.62 bits per heavy atom. The molecular formula is C18H13Br2F. The summed E-state index contributed by atoms with van der Waals surface area (Å²) in [6.07, 6.45) is 0. The highest BCUT2D eigenvalue weighted by molar-refractivity contribution is 9.11. The minimum atomic E-state index is -0.228. The molecule has 1 atom stereocenters. The van der Waals surface area contributed by atoms with E-state index in [1.165, 1.54) is 22.4 Å². The van der Waals surface area contributed by atoms with Crippen LogP contribution in [-0.4, -0.2) is 0 Å². The molecule has 3 aromatic carbocycles. The molecule has 1 unspecified atom stereocenters. The van der Waals surface area contributed by atoms with Gasteiger partial charge in [0.05, 0.1) is 4.83 Å². The summed E-state index contributed by atoms with van der Waals surface area (Å²) in [6.45, 7) is 2.10. The number of hydrogen-bond donors (Lipinski definition) is 0. The summed E-state index contributed by atoms with van der Waals surface area (Å²) in [5, 5.41) is 2.42. The largest absolute Gasteiger partial charge is 0.207 e. The van der Waals surface area contributed by atoms with E-state index in [9.17, 15) is 4.39 Å². The maximum absolute atomic E-state index is 13.6. The topological polar surface area (TPSA) is 0 Å². The second-order valence-electron chi connectivity index (χ2n) is 5.05. The van der Waals surface area contributed by atoms with Gasteiger partial charge < -0.3 is 0 Å². The van der Waals surface area contributed by atoms with Gasteiger partial charge in [-0.2, -0.15) is 0 Å². The summed E-state index contributed by atoms with van der Waals surface area (Å²) in [4.78, 5) is -0.0620. The highest BCUT2D eigenvalue weighted by atomic mass is 79.9. The summed E-state index contributed by atoms with van der Waals surface area (Å²) >= 11 is 7.24. The third-order valence-corrected chi connectivity index (χ3v) is 5.39. The first kappa shape index (κ1) is 14.7. The zero-order valence-corrected chi connectivity index (χ0v) is 14.6. The molecule has 3 rings (SSSR count). The van der Waals surface area contributed by atoms with Crippen molar-refractivity contribution in [3.63, 3.8) is 0 Å². The minimum Gasteiger partial charge on any atom is -0.207 e. The molecule has 0 saturated heterocycles. The van der Waals surface area contributed by atoms with Crippen LogP contribution in [0.4, 0.5) is 4.39 Å².